The van der Waals surface area contributed by atoms with Gasteiger partial charge in [-0.05, 0) is 31.0 Å². The topological polar surface area (TPSA) is 44.1 Å². The Bertz CT molecular complexity index is 435. The molecule has 4 nitrogen and oxygen atoms in total. The van der Waals surface area contributed by atoms with E-state index in [1.165, 1.54) is 0 Å². The Labute approximate surface area is 102 Å². The Hall–Kier alpha value is -1.10. The second-order valence-electron chi connectivity index (χ2n) is 5.93. The van der Waals surface area contributed by atoms with E-state index in [0.717, 1.165) is 18.1 Å². The second-order valence-corrected chi connectivity index (χ2v) is 5.93. The largest absolute Gasteiger partial charge is 0.425 e. The van der Waals surface area contributed by atoms with Crippen molar-refractivity contribution in [2.24, 2.45) is 12.5 Å². The van der Waals surface area contributed by atoms with E-state index in [2.05, 4.69) is 32.8 Å². The van der Waals surface area contributed by atoms with Gasteiger partial charge in [-0.25, -0.2) is 0 Å². The maximum Gasteiger partial charge on any atom is 0.331 e. The minimum Gasteiger partial charge on any atom is -0.425 e. The minimum atomic E-state index is -0.187. The van der Waals surface area contributed by atoms with Crippen LogP contribution in [0.4, 0.5) is 0 Å². The monoisotopic (exact) mass is 234 g/mol. The molecule has 0 atom stereocenters. The van der Waals surface area contributed by atoms with E-state index in [4.69, 9.17) is 4.65 Å². The number of rotatable bonds is 2. The first-order valence-electron chi connectivity index (χ1n) is 5.93. The van der Waals surface area contributed by atoms with Crippen molar-refractivity contribution in [1.29, 1.82) is 0 Å². The van der Waals surface area contributed by atoms with Crippen molar-refractivity contribution >= 4 is 18.7 Å². The van der Waals surface area contributed by atoms with Crippen molar-refractivity contribution in [1.82, 2.24) is 9.78 Å². The van der Waals surface area contributed by atoms with Gasteiger partial charge in [0.2, 0.25) is 0 Å². The molecule has 1 aliphatic heterocycles. The van der Waals surface area contributed by atoms with Gasteiger partial charge in [0.15, 0.2) is 6.29 Å². The van der Waals surface area contributed by atoms with E-state index in [0.29, 0.717) is 5.69 Å². The molecule has 92 valence electrons. The first-order chi connectivity index (χ1) is 7.78. The summed E-state index contributed by atoms with van der Waals surface area (Å²) in [6.07, 6.45) is 3.50. The van der Waals surface area contributed by atoms with Gasteiger partial charge in [0.05, 0.1) is 11.3 Å². The lowest BCUT2D eigenvalue weighted by Gasteiger charge is -2.34. The maximum absolute atomic E-state index is 11.1. The molecular formula is C12H19BN2O2. The lowest BCUT2D eigenvalue weighted by atomic mass is 9.54. The average Bonchev–Trinajstić information content (AvgIpc) is 2.65. The first kappa shape index (κ1) is 12.4. The molecule has 1 aliphatic rings. The average molecular weight is 234 g/mol. The third-order valence-corrected chi connectivity index (χ3v) is 4.24. The predicted molar refractivity (Wildman–Crippen MR) is 67.7 cm³/mol. The number of carbonyl (C=O) groups is 1. The highest BCUT2D eigenvalue weighted by atomic mass is 16.5. The van der Waals surface area contributed by atoms with Crippen LogP contribution in [0.15, 0.2) is 6.20 Å². The number of hydrogen-bond donors (Lipinski definition) is 0. The molecule has 0 aromatic carbocycles. The molecule has 1 aromatic heterocycles. The Morgan fingerprint density at radius 2 is 2.12 bits per heavy atom. The summed E-state index contributed by atoms with van der Waals surface area (Å²) in [4.78, 5) is 11.1. The highest BCUT2D eigenvalue weighted by Crippen LogP contribution is 2.45. The van der Waals surface area contributed by atoms with Gasteiger partial charge >= 0.3 is 6.92 Å². The molecule has 0 unspecified atom stereocenters. The molecule has 1 fully saturated rings. The molecule has 2 heterocycles. The van der Waals surface area contributed by atoms with Crippen molar-refractivity contribution in [3.8, 4) is 0 Å². The standard InChI is InChI=1S/C12H19BN2O2/c1-11(2)8-13(17-12(11,3)4)9-6-14-15(5)10(9)7-16/h6-7H,8H2,1-5H3. The molecule has 0 amide bonds. The van der Waals surface area contributed by atoms with Gasteiger partial charge < -0.3 is 4.65 Å². The molecule has 1 aromatic rings. The van der Waals surface area contributed by atoms with E-state index >= 15 is 0 Å². The molecule has 0 aliphatic carbocycles. The fourth-order valence-corrected chi connectivity index (χ4v) is 2.30. The molecule has 0 radical (unpaired) electrons. The lowest BCUT2D eigenvalue weighted by molar-refractivity contribution is 0.0375. The molecule has 1 saturated heterocycles. The number of aryl methyl sites for hydroxylation is 1. The van der Waals surface area contributed by atoms with Crippen LogP contribution >= 0.6 is 0 Å². The van der Waals surface area contributed by atoms with E-state index in [-0.39, 0.29) is 17.9 Å². The van der Waals surface area contributed by atoms with Gasteiger partial charge in [-0.3, -0.25) is 9.48 Å². The van der Waals surface area contributed by atoms with E-state index in [1.54, 1.807) is 17.9 Å². The number of aldehydes is 1. The lowest BCUT2D eigenvalue weighted by Crippen LogP contribution is -2.36. The quantitative estimate of drug-likeness (QED) is 0.571. The van der Waals surface area contributed by atoms with Crippen LogP contribution in [0, 0.1) is 5.41 Å². The van der Waals surface area contributed by atoms with Crippen molar-refractivity contribution in [3.63, 3.8) is 0 Å². The third kappa shape index (κ3) is 1.82. The fourth-order valence-electron chi connectivity index (χ4n) is 2.30. The fraction of sp³-hybridized carbons (Fsp3) is 0.667. The molecule has 17 heavy (non-hydrogen) atoms. The third-order valence-electron chi connectivity index (χ3n) is 4.24. The number of hydrogen-bond acceptors (Lipinski definition) is 3. The molecule has 0 saturated carbocycles. The first-order valence-corrected chi connectivity index (χ1v) is 5.93. The summed E-state index contributed by atoms with van der Waals surface area (Å²) in [7, 11) is 1.78. The van der Waals surface area contributed by atoms with E-state index < -0.39 is 0 Å². The molecule has 0 spiro atoms. The Morgan fingerprint density at radius 3 is 2.59 bits per heavy atom. The smallest absolute Gasteiger partial charge is 0.331 e. The normalized spacial score (nSPS) is 21.8. The predicted octanol–water partition coefficient (Wildman–Crippen LogP) is 1.27. The Morgan fingerprint density at radius 1 is 1.47 bits per heavy atom. The van der Waals surface area contributed by atoms with Crippen molar-refractivity contribution in [3.05, 3.63) is 11.9 Å². The molecular weight excluding hydrogens is 215 g/mol. The zero-order chi connectivity index (χ0) is 12.8. The van der Waals surface area contributed by atoms with Crippen LogP contribution in [0.1, 0.15) is 38.2 Å². The van der Waals surface area contributed by atoms with Crippen LogP contribution in [0.2, 0.25) is 6.32 Å². The Balaban J connectivity index is 2.35. The van der Waals surface area contributed by atoms with E-state index in [1.807, 2.05) is 0 Å². The van der Waals surface area contributed by atoms with E-state index in [9.17, 15) is 4.79 Å². The van der Waals surface area contributed by atoms with Crippen LogP contribution in [0.25, 0.3) is 0 Å². The van der Waals surface area contributed by atoms with Gasteiger partial charge in [-0.15, -0.1) is 0 Å². The van der Waals surface area contributed by atoms with Crippen LogP contribution in [-0.2, 0) is 11.7 Å². The van der Waals surface area contributed by atoms with Gasteiger partial charge in [-0.1, -0.05) is 13.8 Å². The molecule has 0 N–H and O–H groups in total. The van der Waals surface area contributed by atoms with Crippen LogP contribution < -0.4 is 5.46 Å². The van der Waals surface area contributed by atoms with Crippen molar-refractivity contribution in [2.75, 3.05) is 0 Å². The molecule has 2 rings (SSSR count). The summed E-state index contributed by atoms with van der Waals surface area (Å²) >= 11 is 0. The summed E-state index contributed by atoms with van der Waals surface area (Å²) < 4.78 is 7.69. The number of carbonyl (C=O) groups excluding carboxylic acids is 1. The Kier molecular flexibility index (Phi) is 2.69. The van der Waals surface area contributed by atoms with Gasteiger partial charge in [0.25, 0.3) is 0 Å². The second kappa shape index (κ2) is 3.70. The highest BCUT2D eigenvalue weighted by molar-refractivity contribution is 6.69. The zero-order valence-corrected chi connectivity index (χ0v) is 11.2. The summed E-state index contributed by atoms with van der Waals surface area (Å²) in [5.74, 6) is 0. The molecule has 5 heteroatoms. The molecule has 0 bridgehead atoms. The summed E-state index contributed by atoms with van der Waals surface area (Å²) in [6.45, 7) is 8.57. The SMILES string of the molecule is Cn1ncc(B2CC(C)(C)C(C)(C)O2)c1C=O. The van der Waals surface area contributed by atoms with Crippen LogP contribution in [0.5, 0.6) is 0 Å². The minimum absolute atomic E-state index is 0.0334. The number of nitrogens with zero attached hydrogens (tertiary/aromatic N) is 2. The van der Waals surface area contributed by atoms with Gasteiger partial charge in [-0.2, -0.15) is 5.10 Å². The summed E-state index contributed by atoms with van der Waals surface area (Å²) in [5.41, 5.74) is 1.42. The van der Waals surface area contributed by atoms with Crippen molar-refractivity contribution in [2.45, 2.75) is 39.6 Å². The highest BCUT2D eigenvalue weighted by Gasteiger charge is 2.50. The number of aromatic nitrogens is 2. The maximum atomic E-state index is 11.1. The van der Waals surface area contributed by atoms with Gasteiger partial charge in [0.1, 0.15) is 0 Å². The zero-order valence-electron chi connectivity index (χ0n) is 11.2. The summed E-state index contributed by atoms with van der Waals surface area (Å²) in [5, 5.41) is 4.13. The van der Waals surface area contributed by atoms with Crippen LogP contribution in [-0.4, -0.2) is 28.6 Å². The van der Waals surface area contributed by atoms with Crippen LogP contribution in [0.3, 0.4) is 0 Å². The van der Waals surface area contributed by atoms with Crippen molar-refractivity contribution < 1.29 is 9.45 Å². The summed E-state index contributed by atoms with van der Waals surface area (Å²) in [6, 6.07) is 0. The van der Waals surface area contributed by atoms with Gasteiger partial charge in [0, 0.05) is 13.2 Å².